The van der Waals surface area contributed by atoms with Crippen LogP contribution < -0.4 is 11.1 Å². The van der Waals surface area contributed by atoms with Gasteiger partial charge in [0.25, 0.3) is 5.91 Å². The quantitative estimate of drug-likeness (QED) is 0.241. The number of hydrogen-bond acceptors (Lipinski definition) is 5. The summed E-state index contributed by atoms with van der Waals surface area (Å²) in [5.74, 6) is -0.255. The first-order valence-electron chi connectivity index (χ1n) is 13.6. The summed E-state index contributed by atoms with van der Waals surface area (Å²) < 4.78 is 21.9. The molecule has 4 rings (SSSR count). The maximum Gasteiger partial charge on any atom is 0.255 e. The molecule has 2 aliphatic heterocycles. The number of aryl methyl sites for hydroxylation is 1. The van der Waals surface area contributed by atoms with Crippen LogP contribution >= 0.6 is 0 Å². The van der Waals surface area contributed by atoms with Crippen molar-refractivity contribution in [1.82, 2.24) is 4.90 Å². The molecule has 38 heavy (non-hydrogen) atoms. The van der Waals surface area contributed by atoms with E-state index in [2.05, 4.69) is 5.32 Å². The Bertz CT molecular complexity index is 1120. The molecule has 2 fully saturated rings. The van der Waals surface area contributed by atoms with Crippen LogP contribution in [0.4, 0.5) is 15.5 Å². The average molecular weight is 542 g/mol. The Kier molecular flexibility index (Phi) is 8.90. The van der Waals surface area contributed by atoms with Gasteiger partial charge in [-0.2, -0.15) is 0 Å². The van der Waals surface area contributed by atoms with Crippen LogP contribution in [-0.2, 0) is 16.0 Å². The normalized spacial score (nSPS) is 25.5. The van der Waals surface area contributed by atoms with Crippen LogP contribution in [0.25, 0.3) is 0 Å². The topological polar surface area (TPSA) is 105 Å². The van der Waals surface area contributed by atoms with Crippen LogP contribution in [0.1, 0.15) is 48.5 Å². The van der Waals surface area contributed by atoms with Crippen molar-refractivity contribution in [2.24, 2.45) is 5.92 Å². The van der Waals surface area contributed by atoms with Gasteiger partial charge in [0.05, 0.1) is 31.3 Å². The Labute approximate surface area is 225 Å². The number of carbonyl (C=O) groups excluding carboxylic acids is 2. The van der Waals surface area contributed by atoms with E-state index in [-0.39, 0.29) is 48.4 Å². The van der Waals surface area contributed by atoms with Crippen LogP contribution in [0.3, 0.4) is 0 Å². The van der Waals surface area contributed by atoms with Gasteiger partial charge in [0.1, 0.15) is 0 Å². The number of nitrogens with zero attached hydrogens (tertiary/aromatic N) is 1. The molecule has 206 valence electrons. The minimum Gasteiger partial charge on any atom is -0.399 e. The Morgan fingerprint density at radius 2 is 1.92 bits per heavy atom. The van der Waals surface area contributed by atoms with E-state index in [0.717, 1.165) is 18.4 Å². The number of nitrogen functional groups attached to an aromatic ring is 1. The van der Waals surface area contributed by atoms with E-state index >= 15 is 4.11 Å². The molecule has 2 aliphatic rings. The molecule has 0 radical (unpaired) electrons. The van der Waals surface area contributed by atoms with E-state index in [9.17, 15) is 14.7 Å². The fourth-order valence-electron chi connectivity index (χ4n) is 6.17. The van der Waals surface area contributed by atoms with E-state index < -0.39 is 14.5 Å². The number of hydrogen-bond donors (Lipinski definition) is 3. The highest BCUT2D eigenvalue weighted by Crippen LogP contribution is 2.47. The summed E-state index contributed by atoms with van der Waals surface area (Å²) in [6.45, 7) is 6.06. The summed E-state index contributed by atoms with van der Waals surface area (Å²) in [6, 6.07) is 14.3. The van der Waals surface area contributed by atoms with Gasteiger partial charge in [0, 0.05) is 29.0 Å². The number of nitrogens with one attached hydrogen (secondary N) is 1. The molecule has 2 amide bonds. The van der Waals surface area contributed by atoms with Crippen molar-refractivity contribution in [3.63, 3.8) is 0 Å². The molecule has 4 N–H and O–H groups in total. The standard InChI is InChI=1S/C29H40FN3O4Si/c1-19-25(37-26(28(19)38(2,3)30)17-27(35)33-15-5-8-24(33)18-34)14-9-20-6-4-7-23(16-20)32-29(36)21-10-12-22(31)13-11-21/h4,6-7,10-13,16,19,24-26,28,34H,5,8-9,14-15,17-18,31H2,1-3H3,(H,32,36)/t19-,24-,25+,26-,28+/m0/s1. The van der Waals surface area contributed by atoms with Gasteiger partial charge < -0.3 is 29.9 Å². The Morgan fingerprint density at radius 1 is 1.18 bits per heavy atom. The smallest absolute Gasteiger partial charge is 0.255 e. The third-order valence-electron chi connectivity index (χ3n) is 8.05. The molecule has 0 aliphatic carbocycles. The number of ether oxygens (including phenoxy) is 1. The predicted molar refractivity (Wildman–Crippen MR) is 150 cm³/mol. The number of rotatable bonds is 9. The van der Waals surface area contributed by atoms with Crippen LogP contribution in [0.15, 0.2) is 48.5 Å². The zero-order valence-corrected chi connectivity index (χ0v) is 23.5. The van der Waals surface area contributed by atoms with Crippen molar-refractivity contribution in [2.45, 2.75) is 75.9 Å². The Morgan fingerprint density at radius 3 is 2.61 bits per heavy atom. The van der Waals surface area contributed by atoms with Gasteiger partial charge in [-0.1, -0.05) is 19.1 Å². The number of halogens is 1. The fraction of sp³-hybridized carbons (Fsp3) is 0.517. The molecular formula is C29H40FN3O4Si. The number of carbonyl (C=O) groups is 2. The largest absolute Gasteiger partial charge is 0.399 e. The molecule has 0 saturated carbocycles. The number of anilines is 2. The lowest BCUT2D eigenvalue weighted by molar-refractivity contribution is -0.135. The molecular weight excluding hydrogens is 501 g/mol. The summed E-state index contributed by atoms with van der Waals surface area (Å²) in [4.78, 5) is 27.4. The van der Waals surface area contributed by atoms with Crippen molar-refractivity contribution in [3.8, 4) is 0 Å². The second-order valence-corrected chi connectivity index (χ2v) is 15.0. The third-order valence-corrected chi connectivity index (χ3v) is 10.5. The fourth-order valence-corrected chi connectivity index (χ4v) is 8.72. The zero-order valence-electron chi connectivity index (χ0n) is 22.5. The maximum atomic E-state index is 15.5. The zero-order chi connectivity index (χ0) is 27.4. The number of likely N-dealkylation sites (tertiary alicyclic amines) is 1. The molecule has 0 unspecified atom stereocenters. The van der Waals surface area contributed by atoms with Crippen LogP contribution in [0, 0.1) is 5.92 Å². The second kappa shape index (κ2) is 12.0. The predicted octanol–water partition coefficient (Wildman–Crippen LogP) is 4.78. The van der Waals surface area contributed by atoms with Crippen LogP contribution in [0.2, 0.25) is 18.6 Å². The van der Waals surface area contributed by atoms with E-state index in [1.54, 1.807) is 42.3 Å². The van der Waals surface area contributed by atoms with Gasteiger partial charge in [-0.05, 0) is 86.7 Å². The highest BCUT2D eigenvalue weighted by molar-refractivity contribution is 6.72. The molecule has 9 heteroatoms. The Balaban J connectivity index is 1.39. The van der Waals surface area contributed by atoms with Crippen molar-refractivity contribution < 1.29 is 23.5 Å². The first kappa shape index (κ1) is 28.3. The number of aliphatic hydroxyl groups excluding tert-OH is 1. The highest BCUT2D eigenvalue weighted by Gasteiger charge is 2.52. The minimum atomic E-state index is -3.10. The molecule has 2 saturated heterocycles. The van der Waals surface area contributed by atoms with Gasteiger partial charge >= 0.3 is 0 Å². The van der Waals surface area contributed by atoms with Crippen LogP contribution in [0.5, 0.6) is 0 Å². The maximum absolute atomic E-state index is 15.5. The summed E-state index contributed by atoms with van der Waals surface area (Å²) in [7, 11) is -3.10. The third kappa shape index (κ3) is 6.62. The lowest BCUT2D eigenvalue weighted by atomic mass is 9.95. The van der Waals surface area contributed by atoms with Gasteiger partial charge in [-0.25, -0.2) is 0 Å². The van der Waals surface area contributed by atoms with Gasteiger partial charge in [0.15, 0.2) is 0 Å². The number of amides is 2. The monoisotopic (exact) mass is 541 g/mol. The van der Waals surface area contributed by atoms with Crippen molar-refractivity contribution in [2.75, 3.05) is 24.2 Å². The molecule has 5 atom stereocenters. The number of aliphatic hydroxyl groups is 1. The first-order valence-corrected chi connectivity index (χ1v) is 16.5. The van der Waals surface area contributed by atoms with E-state index in [1.807, 2.05) is 31.2 Å². The van der Waals surface area contributed by atoms with Crippen LogP contribution in [-0.4, -0.2) is 61.6 Å². The number of benzene rings is 2. The van der Waals surface area contributed by atoms with E-state index in [0.29, 0.717) is 36.3 Å². The minimum absolute atomic E-state index is 0.0000795. The highest BCUT2D eigenvalue weighted by atomic mass is 28.4. The Hall–Kier alpha value is -2.75. The average Bonchev–Trinajstić information content (AvgIpc) is 3.47. The first-order chi connectivity index (χ1) is 18.1. The van der Waals surface area contributed by atoms with Gasteiger partial charge in [-0.3, -0.25) is 9.59 Å². The summed E-state index contributed by atoms with van der Waals surface area (Å²) in [5, 5.41) is 12.5. The molecule has 2 heterocycles. The molecule has 0 spiro atoms. The van der Waals surface area contributed by atoms with Crippen molar-refractivity contribution in [3.05, 3.63) is 59.7 Å². The summed E-state index contributed by atoms with van der Waals surface area (Å²) in [5.41, 5.74) is 8.32. The molecule has 0 aromatic heterocycles. The molecule has 2 aromatic carbocycles. The lowest BCUT2D eigenvalue weighted by Gasteiger charge is -2.30. The van der Waals surface area contributed by atoms with Crippen molar-refractivity contribution in [1.29, 1.82) is 0 Å². The SMILES string of the molecule is C[C@@H]1[C@@H]([Si](C)(C)F)[C@H](CC(=O)N2CCC[C@H]2CO)O[C@@H]1CCc1cccc(NC(=O)c2ccc(N)cc2)c1. The summed E-state index contributed by atoms with van der Waals surface area (Å²) >= 11 is 0. The lowest BCUT2D eigenvalue weighted by Crippen LogP contribution is -2.42. The summed E-state index contributed by atoms with van der Waals surface area (Å²) in [6.07, 6.45) is 2.66. The van der Waals surface area contributed by atoms with Gasteiger partial charge in [0.2, 0.25) is 14.3 Å². The van der Waals surface area contributed by atoms with E-state index in [4.69, 9.17) is 10.5 Å². The number of nitrogens with two attached hydrogens (primary N) is 1. The van der Waals surface area contributed by atoms with Gasteiger partial charge in [-0.15, -0.1) is 0 Å². The molecule has 2 aromatic rings. The molecule has 0 bridgehead atoms. The van der Waals surface area contributed by atoms with E-state index in [1.165, 1.54) is 0 Å². The second-order valence-electron chi connectivity index (χ2n) is 11.2. The molecule has 7 nitrogen and oxygen atoms in total. The van der Waals surface area contributed by atoms with Crippen molar-refractivity contribution >= 4 is 31.6 Å².